The maximum absolute atomic E-state index is 11.6. The van der Waals surface area contributed by atoms with Crippen LogP contribution in [0, 0.1) is 10.1 Å². The number of hydrogen-bond donors (Lipinski definition) is 0. The summed E-state index contributed by atoms with van der Waals surface area (Å²) < 4.78 is 23.1. The number of ether oxygens (including phenoxy) is 4. The van der Waals surface area contributed by atoms with E-state index in [2.05, 4.69) is 16.7 Å². The highest BCUT2D eigenvalue weighted by Crippen LogP contribution is 2.37. The van der Waals surface area contributed by atoms with Crippen molar-refractivity contribution in [1.29, 1.82) is 0 Å². The molecule has 2 aromatic carbocycles. The molecule has 0 N–H and O–H groups in total. The summed E-state index contributed by atoms with van der Waals surface area (Å²) in [5.41, 5.74) is 1.52. The Morgan fingerprint density at radius 1 is 1.24 bits per heavy atom. The van der Waals surface area contributed by atoms with Crippen LogP contribution in [-0.2, 0) is 0 Å². The van der Waals surface area contributed by atoms with Crippen LogP contribution < -0.4 is 23.7 Å². The molecule has 1 aromatic heterocycles. The molecule has 170 valence electrons. The minimum Gasteiger partial charge on any atom is -0.497 e. The molecule has 1 aliphatic heterocycles. The zero-order valence-electron chi connectivity index (χ0n) is 17.9. The van der Waals surface area contributed by atoms with E-state index in [0.717, 1.165) is 5.56 Å². The van der Waals surface area contributed by atoms with Crippen LogP contribution >= 0.6 is 11.3 Å². The molecule has 3 aromatic rings. The molecule has 11 heteroatoms. The van der Waals surface area contributed by atoms with Gasteiger partial charge in [0.05, 0.1) is 49.2 Å². The topological polar surface area (TPSA) is 110 Å². The Hall–Kier alpha value is -4.12. The van der Waals surface area contributed by atoms with Crippen LogP contribution in [-0.4, -0.2) is 43.4 Å². The maximum Gasteiger partial charge on any atom is 0.282 e. The standard InChI is InChI=1S/C22H20N4O6S/c1-4-7-23-22-25(18(12-33-22)16-9-15(29-2)5-6-19(16)30-3)24-11-14-8-20-21(32-13-31-20)10-17(14)26(27)28/h4-6,8-12H,1,7,13H2,2-3H3. The molecule has 0 fully saturated rings. The molecule has 0 radical (unpaired) electrons. The molecule has 1 aliphatic rings. The summed E-state index contributed by atoms with van der Waals surface area (Å²) in [6, 6.07) is 8.28. The maximum atomic E-state index is 11.6. The van der Waals surface area contributed by atoms with E-state index in [9.17, 15) is 10.1 Å². The minimum atomic E-state index is -0.489. The van der Waals surface area contributed by atoms with E-state index in [-0.39, 0.29) is 18.0 Å². The molecule has 0 aliphatic carbocycles. The second-order valence-corrected chi connectivity index (χ2v) is 7.51. The number of thiazole rings is 1. The lowest BCUT2D eigenvalue weighted by molar-refractivity contribution is -0.385. The number of nitro benzene ring substituents is 1. The largest absolute Gasteiger partial charge is 0.497 e. The van der Waals surface area contributed by atoms with E-state index < -0.39 is 4.92 Å². The van der Waals surface area contributed by atoms with Gasteiger partial charge in [-0.05, 0) is 24.3 Å². The van der Waals surface area contributed by atoms with Gasteiger partial charge >= 0.3 is 0 Å². The SMILES string of the molecule is C=CCN=c1scc(-c2cc(OC)ccc2OC)n1N=Cc1cc2c(cc1[N+](=O)[O-])OCO2. The molecular weight excluding hydrogens is 448 g/mol. The number of nitrogens with zero attached hydrogens (tertiary/aromatic N) is 4. The first-order valence-electron chi connectivity index (χ1n) is 9.72. The lowest BCUT2D eigenvalue weighted by atomic mass is 10.1. The van der Waals surface area contributed by atoms with Gasteiger partial charge in [-0.1, -0.05) is 6.08 Å². The van der Waals surface area contributed by atoms with Crippen molar-refractivity contribution in [1.82, 2.24) is 4.68 Å². The first kappa shape index (κ1) is 22.1. The molecule has 0 saturated heterocycles. The summed E-state index contributed by atoms with van der Waals surface area (Å²) in [5.74, 6) is 2.00. The fourth-order valence-electron chi connectivity index (χ4n) is 3.19. The number of aromatic nitrogens is 1. The summed E-state index contributed by atoms with van der Waals surface area (Å²) in [6.07, 6.45) is 3.07. The number of methoxy groups -OCH3 is 2. The number of benzene rings is 2. The van der Waals surface area contributed by atoms with Crippen molar-refractivity contribution in [2.24, 2.45) is 10.1 Å². The van der Waals surface area contributed by atoms with Gasteiger partial charge in [0.25, 0.3) is 5.69 Å². The highest BCUT2D eigenvalue weighted by Gasteiger charge is 2.23. The van der Waals surface area contributed by atoms with Gasteiger partial charge in [0.2, 0.25) is 11.6 Å². The van der Waals surface area contributed by atoms with Gasteiger partial charge in [0.15, 0.2) is 11.5 Å². The average Bonchev–Trinajstić information content (AvgIpc) is 3.46. The first-order valence-corrected chi connectivity index (χ1v) is 10.6. The molecule has 0 saturated carbocycles. The van der Waals surface area contributed by atoms with E-state index in [1.165, 1.54) is 29.7 Å². The Morgan fingerprint density at radius 3 is 2.73 bits per heavy atom. The first-order chi connectivity index (χ1) is 16.0. The molecule has 10 nitrogen and oxygen atoms in total. The van der Waals surface area contributed by atoms with Gasteiger partial charge in [-0.2, -0.15) is 5.10 Å². The van der Waals surface area contributed by atoms with Gasteiger partial charge in [-0.25, -0.2) is 4.68 Å². The molecule has 0 amide bonds. The Labute approximate surface area is 192 Å². The predicted molar refractivity (Wildman–Crippen MR) is 124 cm³/mol. The molecule has 0 atom stereocenters. The molecule has 0 bridgehead atoms. The molecule has 2 heterocycles. The Morgan fingerprint density at radius 2 is 2.03 bits per heavy atom. The van der Waals surface area contributed by atoms with Crippen LogP contribution in [0.25, 0.3) is 11.3 Å². The van der Waals surface area contributed by atoms with E-state index in [0.29, 0.717) is 40.0 Å². The third kappa shape index (κ3) is 4.44. The Balaban J connectivity index is 1.87. The van der Waals surface area contributed by atoms with Gasteiger partial charge in [0, 0.05) is 10.9 Å². The lowest BCUT2D eigenvalue weighted by Crippen LogP contribution is -2.13. The number of nitro groups is 1. The monoisotopic (exact) mass is 468 g/mol. The van der Waals surface area contributed by atoms with Crippen molar-refractivity contribution in [2.75, 3.05) is 27.6 Å². The van der Waals surface area contributed by atoms with Crippen molar-refractivity contribution < 1.29 is 23.9 Å². The summed E-state index contributed by atoms with van der Waals surface area (Å²) in [6.45, 7) is 4.10. The fraction of sp³-hybridized carbons (Fsp3) is 0.182. The zero-order valence-corrected chi connectivity index (χ0v) is 18.7. The second-order valence-electron chi connectivity index (χ2n) is 6.68. The van der Waals surface area contributed by atoms with Crippen LogP contribution in [0.2, 0.25) is 0 Å². The molecule has 0 unspecified atom stereocenters. The van der Waals surface area contributed by atoms with Crippen LogP contribution in [0.5, 0.6) is 23.0 Å². The summed E-state index contributed by atoms with van der Waals surface area (Å²) in [5, 5.41) is 18.0. The quantitative estimate of drug-likeness (QED) is 0.215. The fourth-order valence-corrected chi connectivity index (χ4v) is 4.03. The third-order valence-corrected chi connectivity index (χ3v) is 5.61. The zero-order chi connectivity index (χ0) is 23.4. The van der Waals surface area contributed by atoms with E-state index >= 15 is 0 Å². The molecular formula is C22H20N4O6S. The molecule has 33 heavy (non-hydrogen) atoms. The summed E-state index contributed by atoms with van der Waals surface area (Å²) in [7, 11) is 3.15. The van der Waals surface area contributed by atoms with Crippen molar-refractivity contribution in [3.05, 3.63) is 68.8 Å². The highest BCUT2D eigenvalue weighted by atomic mass is 32.1. The molecule has 0 spiro atoms. The van der Waals surface area contributed by atoms with Crippen LogP contribution in [0.4, 0.5) is 5.69 Å². The van der Waals surface area contributed by atoms with Gasteiger partial charge in [-0.3, -0.25) is 15.1 Å². The lowest BCUT2D eigenvalue weighted by Gasteiger charge is -2.11. The van der Waals surface area contributed by atoms with E-state index in [1.807, 2.05) is 11.4 Å². The van der Waals surface area contributed by atoms with Crippen LogP contribution in [0.1, 0.15) is 5.56 Å². The summed E-state index contributed by atoms with van der Waals surface area (Å²) in [4.78, 5) is 16.2. The van der Waals surface area contributed by atoms with Crippen LogP contribution in [0.15, 0.2) is 58.5 Å². The van der Waals surface area contributed by atoms with Crippen molar-refractivity contribution >= 4 is 23.2 Å². The van der Waals surface area contributed by atoms with Crippen molar-refractivity contribution in [2.45, 2.75) is 0 Å². The normalized spacial score (nSPS) is 12.8. The van der Waals surface area contributed by atoms with Gasteiger partial charge in [-0.15, -0.1) is 17.9 Å². The Kier molecular flexibility index (Phi) is 6.41. The highest BCUT2D eigenvalue weighted by molar-refractivity contribution is 7.07. The van der Waals surface area contributed by atoms with Crippen LogP contribution in [0.3, 0.4) is 0 Å². The number of fused-ring (bicyclic) bond motifs is 1. The number of hydrogen-bond acceptors (Lipinski definition) is 9. The molecule has 4 rings (SSSR count). The smallest absolute Gasteiger partial charge is 0.282 e. The number of rotatable bonds is 8. The van der Waals surface area contributed by atoms with Crippen molar-refractivity contribution in [3.8, 4) is 34.3 Å². The van der Waals surface area contributed by atoms with Gasteiger partial charge in [0.1, 0.15) is 11.5 Å². The second kappa shape index (κ2) is 9.57. The average molecular weight is 468 g/mol. The summed E-state index contributed by atoms with van der Waals surface area (Å²) >= 11 is 1.37. The minimum absolute atomic E-state index is 0.0106. The third-order valence-electron chi connectivity index (χ3n) is 4.75. The predicted octanol–water partition coefficient (Wildman–Crippen LogP) is 3.84. The van der Waals surface area contributed by atoms with Crippen molar-refractivity contribution in [3.63, 3.8) is 0 Å². The van der Waals surface area contributed by atoms with E-state index in [4.69, 9.17) is 18.9 Å². The van der Waals surface area contributed by atoms with Gasteiger partial charge < -0.3 is 18.9 Å². The van der Waals surface area contributed by atoms with E-state index in [1.54, 1.807) is 37.1 Å². The Bertz CT molecular complexity index is 1310.